The molecule has 0 aromatic carbocycles. The van der Waals surface area contributed by atoms with E-state index in [1.807, 2.05) is 0 Å². The average molecular weight is 304 g/mol. The van der Waals surface area contributed by atoms with Crippen molar-refractivity contribution >= 4 is 5.97 Å². The molecule has 0 aliphatic heterocycles. The average Bonchev–Trinajstić information content (AvgIpc) is 2.14. The summed E-state index contributed by atoms with van der Waals surface area (Å²) in [4.78, 5) is 10.2. The Morgan fingerprint density at radius 3 is 1.53 bits per heavy atom. The molecule has 2 nitrogen and oxygen atoms in total. The lowest BCUT2D eigenvalue weighted by atomic mass is 9.91. The number of carbonyl (C=O) groups is 1. The first kappa shape index (κ1) is 17.6. The zero-order valence-corrected chi connectivity index (χ0v) is 8.62. The van der Waals surface area contributed by atoms with E-state index in [2.05, 4.69) is 6.58 Å². The molecule has 0 rings (SSSR count). The predicted octanol–water partition coefficient (Wildman–Crippen LogP) is 3.34. The van der Waals surface area contributed by atoms with Crippen molar-refractivity contribution in [2.75, 3.05) is 0 Å². The van der Waals surface area contributed by atoms with Crippen LogP contribution < -0.4 is 0 Å². The number of alkyl halides is 9. The molecule has 0 aromatic rings. The smallest absolute Gasteiger partial charge is 0.460 e. The van der Waals surface area contributed by atoms with E-state index < -0.39 is 35.8 Å². The normalized spacial score (nSPS) is 16.1. The van der Waals surface area contributed by atoms with Gasteiger partial charge in [0, 0.05) is 0 Å². The molecule has 0 saturated carbocycles. The topological polar surface area (TPSA) is 37.3 Å². The first-order valence-electron chi connectivity index (χ1n) is 4.20. The Hall–Kier alpha value is -1.42. The van der Waals surface area contributed by atoms with Crippen LogP contribution in [0.4, 0.5) is 39.5 Å². The van der Waals surface area contributed by atoms with Crippen molar-refractivity contribution in [1.29, 1.82) is 0 Å². The molecule has 11 heteroatoms. The summed E-state index contributed by atoms with van der Waals surface area (Å²) < 4.78 is 111. The summed E-state index contributed by atoms with van der Waals surface area (Å²) in [6.07, 6.45) is -7.34. The minimum Gasteiger partial charge on any atom is -0.481 e. The lowest BCUT2D eigenvalue weighted by Crippen LogP contribution is -2.63. The first-order valence-corrected chi connectivity index (χ1v) is 4.20. The van der Waals surface area contributed by atoms with Crippen molar-refractivity contribution in [3.8, 4) is 0 Å². The van der Waals surface area contributed by atoms with Gasteiger partial charge in [-0.25, -0.2) is 0 Å². The molecular formula is C8H5F9O2. The van der Waals surface area contributed by atoms with Gasteiger partial charge in [0.2, 0.25) is 0 Å². The van der Waals surface area contributed by atoms with Gasteiger partial charge in [-0.2, -0.15) is 39.5 Å². The summed E-state index contributed by atoms with van der Waals surface area (Å²) in [6.45, 7) is 2.39. The lowest BCUT2D eigenvalue weighted by Gasteiger charge is -2.35. The second-order valence-corrected chi connectivity index (χ2v) is 3.32. The van der Waals surface area contributed by atoms with Gasteiger partial charge >= 0.3 is 29.9 Å². The van der Waals surface area contributed by atoms with E-state index in [0.29, 0.717) is 0 Å². The maximum atomic E-state index is 13.0. The van der Waals surface area contributed by atoms with Gasteiger partial charge in [-0.1, -0.05) is 6.08 Å². The van der Waals surface area contributed by atoms with Crippen LogP contribution in [-0.2, 0) is 4.79 Å². The number of hydrogen-bond donors (Lipinski definition) is 1. The van der Waals surface area contributed by atoms with Crippen LogP contribution in [0.25, 0.3) is 0 Å². The molecule has 0 fully saturated rings. The molecule has 0 amide bonds. The van der Waals surface area contributed by atoms with Crippen LogP contribution in [0.3, 0.4) is 0 Å². The van der Waals surface area contributed by atoms with Crippen LogP contribution in [0.15, 0.2) is 12.7 Å². The molecule has 0 radical (unpaired) electrons. The van der Waals surface area contributed by atoms with Crippen LogP contribution >= 0.6 is 0 Å². The van der Waals surface area contributed by atoms with Gasteiger partial charge in [-0.3, -0.25) is 4.79 Å². The van der Waals surface area contributed by atoms with E-state index >= 15 is 0 Å². The summed E-state index contributed by atoms with van der Waals surface area (Å²) in [5, 5.41) is 8.13. The summed E-state index contributed by atoms with van der Waals surface area (Å²) in [7, 11) is 0. The molecule has 0 aliphatic rings. The fourth-order valence-corrected chi connectivity index (χ4v) is 0.987. The molecule has 0 saturated heterocycles. The summed E-state index contributed by atoms with van der Waals surface area (Å²) in [6, 6.07) is 0. The van der Waals surface area contributed by atoms with Gasteiger partial charge in [-0.05, 0) is 0 Å². The first-order chi connectivity index (χ1) is 8.14. The molecule has 112 valence electrons. The van der Waals surface area contributed by atoms with Crippen molar-refractivity contribution in [2.24, 2.45) is 5.92 Å². The highest BCUT2D eigenvalue weighted by atomic mass is 19.4. The molecule has 0 aromatic heterocycles. The molecule has 0 aliphatic carbocycles. The summed E-state index contributed by atoms with van der Waals surface area (Å²) in [5.41, 5.74) is 0. The van der Waals surface area contributed by atoms with Gasteiger partial charge in [0.25, 0.3) is 0 Å². The van der Waals surface area contributed by atoms with Crippen LogP contribution in [0, 0.1) is 5.92 Å². The van der Waals surface area contributed by atoms with Gasteiger partial charge in [0.1, 0.15) is 5.92 Å². The zero-order valence-electron chi connectivity index (χ0n) is 8.62. The van der Waals surface area contributed by atoms with Gasteiger partial charge in [0.05, 0.1) is 0 Å². The van der Waals surface area contributed by atoms with E-state index in [-0.39, 0.29) is 6.08 Å². The molecular weight excluding hydrogens is 299 g/mol. The van der Waals surface area contributed by atoms with Gasteiger partial charge in [-0.15, -0.1) is 6.58 Å². The third-order valence-corrected chi connectivity index (χ3v) is 2.06. The zero-order chi connectivity index (χ0) is 15.9. The highest BCUT2D eigenvalue weighted by molar-refractivity contribution is 5.73. The van der Waals surface area contributed by atoms with Crippen molar-refractivity contribution in [1.82, 2.24) is 0 Å². The third-order valence-electron chi connectivity index (χ3n) is 2.06. The van der Waals surface area contributed by atoms with Crippen molar-refractivity contribution in [3.63, 3.8) is 0 Å². The molecule has 1 unspecified atom stereocenters. The van der Waals surface area contributed by atoms with Gasteiger partial charge in [0.15, 0.2) is 0 Å². The molecule has 19 heavy (non-hydrogen) atoms. The summed E-state index contributed by atoms with van der Waals surface area (Å²) in [5.74, 6) is -26.6. The van der Waals surface area contributed by atoms with Crippen LogP contribution in [0.2, 0.25) is 0 Å². The standard InChI is InChI=1S/C8H5F9O2/c1-2-3(4(18)19)5(9,10)6(11,12)7(13,14)8(15,16)17/h2-3H,1H2,(H,18,19). The number of carboxylic acid groups (broad SMARTS) is 1. The number of halogens is 9. The van der Waals surface area contributed by atoms with Crippen molar-refractivity contribution in [2.45, 2.75) is 23.9 Å². The fourth-order valence-electron chi connectivity index (χ4n) is 0.987. The highest BCUT2D eigenvalue weighted by Gasteiger charge is 2.83. The second-order valence-electron chi connectivity index (χ2n) is 3.32. The monoisotopic (exact) mass is 304 g/mol. The number of hydrogen-bond acceptors (Lipinski definition) is 1. The molecule has 1 N–H and O–H groups in total. The second kappa shape index (κ2) is 4.60. The fraction of sp³-hybridized carbons (Fsp3) is 0.625. The highest BCUT2D eigenvalue weighted by Crippen LogP contribution is 2.55. The van der Waals surface area contributed by atoms with E-state index in [1.54, 1.807) is 0 Å². The Balaban J connectivity index is 5.89. The van der Waals surface area contributed by atoms with E-state index in [1.165, 1.54) is 0 Å². The predicted molar refractivity (Wildman–Crippen MR) is 42.2 cm³/mol. The number of rotatable bonds is 5. The van der Waals surface area contributed by atoms with E-state index in [9.17, 15) is 44.3 Å². The molecule has 0 spiro atoms. The van der Waals surface area contributed by atoms with Crippen molar-refractivity contribution < 1.29 is 49.4 Å². The third kappa shape index (κ3) is 2.50. The number of carboxylic acids is 1. The Morgan fingerprint density at radius 2 is 1.32 bits per heavy atom. The largest absolute Gasteiger partial charge is 0.481 e. The Bertz CT molecular complexity index is 371. The maximum absolute atomic E-state index is 13.0. The Labute approximate surface area is 99.0 Å². The van der Waals surface area contributed by atoms with E-state index in [4.69, 9.17) is 5.11 Å². The summed E-state index contributed by atoms with van der Waals surface area (Å²) >= 11 is 0. The molecule has 0 bridgehead atoms. The van der Waals surface area contributed by atoms with Crippen LogP contribution in [-0.4, -0.2) is 35.0 Å². The SMILES string of the molecule is C=CC(C(=O)O)C(F)(F)C(F)(F)C(F)(F)C(F)(F)F. The van der Waals surface area contributed by atoms with Crippen LogP contribution in [0.5, 0.6) is 0 Å². The minimum absolute atomic E-state index is 0.358. The lowest BCUT2D eigenvalue weighted by molar-refractivity contribution is -0.399. The maximum Gasteiger partial charge on any atom is 0.460 e. The minimum atomic E-state index is -7.11. The van der Waals surface area contributed by atoms with E-state index in [0.717, 1.165) is 0 Å². The number of aliphatic carboxylic acids is 1. The van der Waals surface area contributed by atoms with Gasteiger partial charge < -0.3 is 5.11 Å². The molecule has 1 atom stereocenters. The Kier molecular flexibility index (Phi) is 4.26. The quantitative estimate of drug-likeness (QED) is 0.625. The van der Waals surface area contributed by atoms with Crippen molar-refractivity contribution in [3.05, 3.63) is 12.7 Å². The van der Waals surface area contributed by atoms with Crippen LogP contribution in [0.1, 0.15) is 0 Å². The Morgan fingerprint density at radius 1 is 0.947 bits per heavy atom. The molecule has 0 heterocycles.